The Kier molecular flexibility index (Phi) is 14.8. The Balaban J connectivity index is 0.000000170. The Morgan fingerprint density at radius 1 is 0.304 bits per heavy atom. The van der Waals surface area contributed by atoms with Crippen molar-refractivity contribution in [3.63, 3.8) is 0 Å². The second-order valence-electron chi connectivity index (χ2n) is 10.2. The number of aryl methyl sites for hydroxylation is 1. The van der Waals surface area contributed by atoms with Crippen LogP contribution >= 0.6 is 15.8 Å². The predicted molar refractivity (Wildman–Crippen MR) is 200 cm³/mol. The second kappa shape index (κ2) is 19.5. The molecule has 0 saturated carbocycles. The molecule has 7 aromatic rings. The maximum absolute atomic E-state index is 3.03. The number of benzene rings is 7. The second-order valence-corrected chi connectivity index (χ2v) is 14.7. The summed E-state index contributed by atoms with van der Waals surface area (Å²) in [5.74, 6) is 0. The molecule has 230 valence electrons. The van der Waals surface area contributed by atoms with Crippen LogP contribution in [-0.2, 0) is 20.4 Å². The molecule has 0 unspecified atom stereocenters. The normalized spacial score (nSPS) is 10.1. The van der Waals surface area contributed by atoms with E-state index in [-0.39, 0.29) is 20.4 Å². The van der Waals surface area contributed by atoms with Gasteiger partial charge in [0.1, 0.15) is 0 Å². The first-order valence-electron chi connectivity index (χ1n) is 15.1. The van der Waals surface area contributed by atoms with E-state index >= 15 is 0 Å². The van der Waals surface area contributed by atoms with E-state index in [2.05, 4.69) is 188 Å². The van der Waals surface area contributed by atoms with Crippen molar-refractivity contribution in [1.29, 1.82) is 0 Å². The van der Waals surface area contributed by atoms with E-state index in [1.54, 1.807) is 0 Å². The van der Waals surface area contributed by atoms with E-state index in [9.17, 15) is 0 Å². The van der Waals surface area contributed by atoms with Crippen LogP contribution < -0.4 is 31.8 Å². The van der Waals surface area contributed by atoms with Gasteiger partial charge in [-0.1, -0.05) is 189 Å². The van der Waals surface area contributed by atoms with E-state index < -0.39 is 15.8 Å². The van der Waals surface area contributed by atoms with Crippen molar-refractivity contribution >= 4 is 47.7 Å². The average molecular weight is 722 g/mol. The van der Waals surface area contributed by atoms with Crippen LogP contribution in [0.5, 0.6) is 0 Å². The monoisotopic (exact) mass is 721 g/mol. The van der Waals surface area contributed by atoms with Gasteiger partial charge in [0.2, 0.25) is 0 Å². The van der Waals surface area contributed by atoms with Crippen LogP contribution in [0.15, 0.2) is 206 Å². The molecule has 0 aliphatic rings. The van der Waals surface area contributed by atoms with Crippen LogP contribution in [-0.4, -0.2) is 0 Å². The summed E-state index contributed by atoms with van der Waals surface area (Å²) in [7, 11) is -0.892. The van der Waals surface area contributed by atoms with Crippen LogP contribution in [0.1, 0.15) is 5.56 Å². The van der Waals surface area contributed by atoms with Crippen LogP contribution in [0.2, 0.25) is 0 Å². The van der Waals surface area contributed by atoms with E-state index in [1.165, 1.54) is 37.4 Å². The Bertz CT molecular complexity index is 1460. The molecule has 0 fully saturated rings. The molecule has 0 aliphatic heterocycles. The van der Waals surface area contributed by atoms with Gasteiger partial charge in [-0.2, -0.15) is 35.9 Å². The number of hydrogen-bond acceptors (Lipinski definition) is 0. The van der Waals surface area contributed by atoms with Gasteiger partial charge in [-0.3, -0.25) is 0 Å². The van der Waals surface area contributed by atoms with Gasteiger partial charge in [-0.05, 0) is 47.7 Å². The Morgan fingerprint density at radius 3 is 0.674 bits per heavy atom. The molecule has 0 radical (unpaired) electrons. The van der Waals surface area contributed by atoms with Gasteiger partial charge in [0.25, 0.3) is 0 Å². The Morgan fingerprint density at radius 2 is 0.522 bits per heavy atom. The van der Waals surface area contributed by atoms with Gasteiger partial charge in [0.05, 0.1) is 0 Å². The predicted octanol–water partition coefficient (Wildman–Crippen LogP) is 8.68. The molecule has 0 amide bonds. The number of rotatable bonds is 6. The van der Waals surface area contributed by atoms with Crippen molar-refractivity contribution in [2.24, 2.45) is 0 Å². The van der Waals surface area contributed by atoms with E-state index in [4.69, 9.17) is 0 Å². The van der Waals surface area contributed by atoms with Gasteiger partial charge < -0.3 is 0 Å². The molecule has 46 heavy (non-hydrogen) atoms. The van der Waals surface area contributed by atoms with Gasteiger partial charge in [-0.25, -0.2) is 0 Å². The summed E-state index contributed by atoms with van der Waals surface area (Å²) >= 11 is 0. The maximum Gasteiger partial charge on any atom is 0 e. The van der Waals surface area contributed by atoms with Crippen LogP contribution in [0, 0.1) is 13.0 Å². The largest absolute Gasteiger partial charge is 0.181 e. The van der Waals surface area contributed by atoms with Gasteiger partial charge in [0.15, 0.2) is 0 Å². The quantitative estimate of drug-likeness (QED) is 0.0917. The third-order valence-electron chi connectivity index (χ3n) is 6.95. The minimum absolute atomic E-state index is 0. The molecule has 0 atom stereocenters. The molecule has 0 spiro atoms. The average Bonchev–Trinajstić information content (AvgIpc) is 3.12. The smallest absolute Gasteiger partial charge is 0 e. The fourth-order valence-corrected chi connectivity index (χ4v) is 9.45. The molecule has 3 heteroatoms. The van der Waals surface area contributed by atoms with Crippen molar-refractivity contribution in [3.05, 3.63) is 218 Å². The zero-order valence-corrected chi connectivity index (χ0v) is 29.2. The van der Waals surface area contributed by atoms with Crippen LogP contribution in [0.3, 0.4) is 0 Å². The van der Waals surface area contributed by atoms with E-state index in [0.717, 1.165) is 0 Å². The summed E-state index contributed by atoms with van der Waals surface area (Å²) in [6.45, 7) is 2.03. The SMILES string of the molecule is Cc1[c-]cccc1.[Pd].c1ccc(P(c2ccccc2)c2ccccc2)cc1.c1ccc(P(c2ccccc2)c2ccccc2)cc1. The van der Waals surface area contributed by atoms with Crippen molar-refractivity contribution in [1.82, 2.24) is 0 Å². The van der Waals surface area contributed by atoms with Crippen molar-refractivity contribution in [3.8, 4) is 0 Å². The fourth-order valence-electron chi connectivity index (χ4n) is 4.84. The Hall–Kier alpha value is -3.94. The third kappa shape index (κ3) is 10.6. The molecular weight excluding hydrogens is 685 g/mol. The molecule has 7 aromatic carbocycles. The summed E-state index contributed by atoms with van der Waals surface area (Å²) in [5.41, 5.74) is 1.20. The summed E-state index contributed by atoms with van der Waals surface area (Å²) in [6, 6.07) is 75.6. The molecular formula is C43H37P2Pd-. The maximum atomic E-state index is 3.03. The van der Waals surface area contributed by atoms with Crippen molar-refractivity contribution in [2.75, 3.05) is 0 Å². The van der Waals surface area contributed by atoms with Crippen molar-refractivity contribution in [2.45, 2.75) is 6.92 Å². The summed E-state index contributed by atoms with van der Waals surface area (Å²) in [6.07, 6.45) is 0. The van der Waals surface area contributed by atoms with Gasteiger partial charge in [0, 0.05) is 20.4 Å². The Labute approximate surface area is 291 Å². The summed E-state index contributed by atoms with van der Waals surface area (Å²) in [5, 5.41) is 8.39. The molecule has 0 saturated heterocycles. The van der Waals surface area contributed by atoms with Crippen LogP contribution in [0.4, 0.5) is 0 Å². The first-order chi connectivity index (χ1) is 22.3. The molecule has 0 aromatic heterocycles. The summed E-state index contributed by atoms with van der Waals surface area (Å²) < 4.78 is 0. The fraction of sp³-hybridized carbons (Fsp3) is 0.0233. The van der Waals surface area contributed by atoms with E-state index in [1.807, 2.05) is 31.2 Å². The molecule has 0 N–H and O–H groups in total. The molecule has 0 bridgehead atoms. The standard InChI is InChI=1S/2C18H15P.C7H7.Pd/c2*1-4-10-16(11-5-1)19(17-12-6-2-7-13-17)18-14-8-3-9-15-18;1-7-5-3-2-4-6-7;/h2*1-15H;2-5H,1H3;/q;;-1;. The van der Waals surface area contributed by atoms with Crippen LogP contribution in [0.25, 0.3) is 0 Å². The molecule has 0 heterocycles. The first kappa shape index (κ1) is 34.9. The third-order valence-corrected chi connectivity index (χ3v) is 11.8. The van der Waals surface area contributed by atoms with E-state index in [0.29, 0.717) is 0 Å². The zero-order chi connectivity index (χ0) is 30.9. The number of hydrogen-bond donors (Lipinski definition) is 0. The van der Waals surface area contributed by atoms with Gasteiger partial charge in [-0.15, -0.1) is 0 Å². The zero-order valence-electron chi connectivity index (χ0n) is 25.8. The van der Waals surface area contributed by atoms with Gasteiger partial charge >= 0.3 is 0 Å². The first-order valence-corrected chi connectivity index (χ1v) is 17.8. The van der Waals surface area contributed by atoms with Crippen molar-refractivity contribution < 1.29 is 20.4 Å². The molecule has 7 rings (SSSR count). The minimum atomic E-state index is -0.446. The summed E-state index contributed by atoms with van der Waals surface area (Å²) in [4.78, 5) is 0. The molecule has 0 aliphatic carbocycles. The molecule has 0 nitrogen and oxygen atoms in total. The minimum Gasteiger partial charge on any atom is -0.181 e. The topological polar surface area (TPSA) is 0 Å².